The van der Waals surface area contributed by atoms with Crippen LogP contribution in [0.2, 0.25) is 0 Å². The van der Waals surface area contributed by atoms with Crippen LogP contribution in [0.5, 0.6) is 0 Å². The third kappa shape index (κ3) is 7.32. The molecule has 0 fully saturated rings. The van der Waals surface area contributed by atoms with E-state index in [0.717, 1.165) is 22.9 Å². The van der Waals surface area contributed by atoms with E-state index in [4.69, 9.17) is 4.42 Å². The first-order valence-corrected chi connectivity index (χ1v) is 17.2. The molecule has 10 nitrogen and oxygen atoms in total. The molecular weight excluding hydrogens is 635 g/mol. The van der Waals surface area contributed by atoms with Crippen LogP contribution in [-0.4, -0.2) is 50.5 Å². The summed E-state index contributed by atoms with van der Waals surface area (Å²) in [6, 6.07) is 14.5. The molecule has 2 heterocycles. The summed E-state index contributed by atoms with van der Waals surface area (Å²) in [5, 5.41) is 1.77. The SMILES string of the molecule is CCN1/C(=C\C=Cc2oc3ccc4ccccc4c3[n+]2CCCS(=O)(=O)[O-])N(CCCS(=O)(=O)[O-])c2cc(C(F)(F)F)ccc21. The lowest BCUT2D eigenvalue weighted by Gasteiger charge is -2.24. The smallest absolute Gasteiger partial charge is 0.416 e. The molecule has 5 rings (SSSR count). The Morgan fingerprint density at radius 2 is 1.62 bits per heavy atom. The molecule has 0 saturated heterocycles. The molecule has 0 bridgehead atoms. The molecule has 45 heavy (non-hydrogen) atoms. The lowest BCUT2D eigenvalue weighted by atomic mass is 10.1. The summed E-state index contributed by atoms with van der Waals surface area (Å²) in [6.07, 6.45) is 0.193. The molecule has 0 radical (unpaired) electrons. The third-order valence-corrected chi connectivity index (χ3v) is 8.98. The average molecular weight is 665 g/mol. The lowest BCUT2D eigenvalue weighted by molar-refractivity contribution is -0.677. The van der Waals surface area contributed by atoms with E-state index in [-0.39, 0.29) is 31.6 Å². The van der Waals surface area contributed by atoms with Crippen molar-refractivity contribution in [3.05, 3.63) is 84.0 Å². The highest BCUT2D eigenvalue weighted by Gasteiger charge is 2.36. The van der Waals surface area contributed by atoms with Crippen molar-refractivity contribution in [2.75, 3.05) is 34.4 Å². The lowest BCUT2D eigenvalue weighted by Crippen LogP contribution is -2.36. The van der Waals surface area contributed by atoms with Gasteiger partial charge in [0.15, 0.2) is 6.54 Å². The summed E-state index contributed by atoms with van der Waals surface area (Å²) in [6.45, 7) is 2.30. The van der Waals surface area contributed by atoms with Crippen LogP contribution >= 0.6 is 0 Å². The van der Waals surface area contributed by atoms with Gasteiger partial charge in [-0.1, -0.05) is 24.3 Å². The van der Waals surface area contributed by atoms with Crippen molar-refractivity contribution < 1.29 is 48.1 Å². The third-order valence-electron chi connectivity index (χ3n) is 7.40. The van der Waals surface area contributed by atoms with Crippen molar-refractivity contribution in [1.82, 2.24) is 0 Å². The molecule has 0 amide bonds. The summed E-state index contributed by atoms with van der Waals surface area (Å²) in [5.74, 6) is -0.457. The highest BCUT2D eigenvalue weighted by atomic mass is 32.2. The van der Waals surface area contributed by atoms with Crippen LogP contribution in [0.15, 0.2) is 77.0 Å². The average Bonchev–Trinajstić information content (AvgIpc) is 3.45. The number of hydrogen-bond acceptors (Lipinski definition) is 9. The molecule has 1 aliphatic heterocycles. The molecule has 0 N–H and O–H groups in total. The zero-order valence-electron chi connectivity index (χ0n) is 24.0. The minimum Gasteiger partial charge on any atom is -0.748 e. The summed E-state index contributed by atoms with van der Waals surface area (Å²) >= 11 is 0. The van der Waals surface area contributed by atoms with Crippen LogP contribution in [0.25, 0.3) is 27.9 Å². The van der Waals surface area contributed by atoms with E-state index >= 15 is 0 Å². The Bertz CT molecular complexity index is 2020. The molecule has 1 aliphatic rings. The second kappa shape index (κ2) is 12.5. The zero-order valence-corrected chi connectivity index (χ0v) is 25.7. The first kappa shape index (κ1) is 32.5. The largest absolute Gasteiger partial charge is 0.748 e. The minimum absolute atomic E-state index is 0.0349. The molecule has 3 aromatic carbocycles. The van der Waals surface area contributed by atoms with Gasteiger partial charge in [0.2, 0.25) is 5.58 Å². The molecule has 0 atom stereocenters. The molecule has 0 unspecified atom stereocenters. The van der Waals surface area contributed by atoms with Gasteiger partial charge in [-0.05, 0) is 61.2 Å². The number of rotatable bonds is 11. The molecule has 0 spiro atoms. The second-order valence-corrected chi connectivity index (χ2v) is 13.5. The van der Waals surface area contributed by atoms with Gasteiger partial charge in [0.05, 0.1) is 48.6 Å². The van der Waals surface area contributed by atoms with E-state index in [2.05, 4.69) is 0 Å². The Balaban J connectivity index is 1.56. The fourth-order valence-electron chi connectivity index (χ4n) is 5.52. The highest BCUT2D eigenvalue weighted by Crippen LogP contribution is 2.44. The second-order valence-electron chi connectivity index (χ2n) is 10.4. The maximum Gasteiger partial charge on any atom is 0.416 e. The minimum atomic E-state index is -4.60. The Morgan fingerprint density at radius 3 is 2.31 bits per heavy atom. The van der Waals surface area contributed by atoms with Crippen LogP contribution in [0, 0.1) is 0 Å². The first-order valence-electron chi connectivity index (χ1n) is 14.0. The Labute approximate surface area is 258 Å². The van der Waals surface area contributed by atoms with Crippen LogP contribution in [-0.2, 0) is 33.0 Å². The number of aryl methyl sites for hydroxylation is 1. The molecule has 15 heteroatoms. The van der Waals surface area contributed by atoms with Crippen LogP contribution in [0.3, 0.4) is 0 Å². The van der Waals surface area contributed by atoms with Crippen molar-refractivity contribution in [1.29, 1.82) is 0 Å². The number of allylic oxidation sites excluding steroid dienone is 2. The number of hydrogen-bond donors (Lipinski definition) is 0. The summed E-state index contributed by atoms with van der Waals surface area (Å²) in [7, 11) is -8.99. The predicted molar refractivity (Wildman–Crippen MR) is 161 cm³/mol. The van der Waals surface area contributed by atoms with Gasteiger partial charge in [0, 0.05) is 31.0 Å². The maximum absolute atomic E-state index is 13.6. The number of oxazole rings is 1. The van der Waals surface area contributed by atoms with Crippen molar-refractivity contribution in [2.45, 2.75) is 32.5 Å². The molecule has 0 saturated carbocycles. The molecular formula is C30H29F3N3O7S2-. The normalized spacial score (nSPS) is 15.3. The number of anilines is 2. The van der Waals surface area contributed by atoms with Gasteiger partial charge in [-0.3, -0.25) is 0 Å². The van der Waals surface area contributed by atoms with Gasteiger partial charge in [-0.15, -0.1) is 0 Å². The van der Waals surface area contributed by atoms with Gasteiger partial charge < -0.3 is 23.3 Å². The molecule has 0 aliphatic carbocycles. The van der Waals surface area contributed by atoms with Gasteiger partial charge in [0.25, 0.3) is 5.52 Å². The quantitative estimate of drug-likeness (QED) is 0.161. The maximum atomic E-state index is 13.6. The summed E-state index contributed by atoms with van der Waals surface area (Å²) in [5.41, 5.74) is 1.06. The molecule has 4 aromatic rings. The zero-order chi connectivity index (χ0) is 32.6. The summed E-state index contributed by atoms with van der Waals surface area (Å²) in [4.78, 5) is 3.31. The number of benzene rings is 3. The number of nitrogens with zero attached hydrogens (tertiary/aromatic N) is 3. The van der Waals surface area contributed by atoms with Crippen LogP contribution in [0.1, 0.15) is 31.2 Å². The van der Waals surface area contributed by atoms with E-state index in [1.54, 1.807) is 38.7 Å². The predicted octanol–water partition coefficient (Wildman–Crippen LogP) is 4.96. The number of aromatic nitrogens is 1. The van der Waals surface area contributed by atoms with Crippen LogP contribution in [0.4, 0.5) is 24.5 Å². The van der Waals surface area contributed by atoms with E-state index in [1.807, 2.05) is 37.3 Å². The van der Waals surface area contributed by atoms with Gasteiger partial charge >= 0.3 is 12.1 Å². The van der Waals surface area contributed by atoms with Crippen molar-refractivity contribution in [3.8, 4) is 0 Å². The van der Waals surface area contributed by atoms with Gasteiger partial charge in [-0.2, -0.15) is 17.7 Å². The summed E-state index contributed by atoms with van der Waals surface area (Å²) < 4.78 is 116. The number of halogens is 3. The standard InChI is InChI=1S/C30H30F3N3O7S2/c1-2-34-24-14-13-22(30(31,32)33)20-25(24)35(16-6-18-44(37,38)39)27(34)10-5-11-28-36(17-7-19-45(40,41)42)29-23-9-4-3-8-21(23)12-15-26(29)43-28/h3-5,8-15,20H,2,6-7,16-19H2,1H3,(H-,37,38,39,40,41,42)/p-1. The van der Waals surface area contributed by atoms with E-state index < -0.39 is 43.5 Å². The van der Waals surface area contributed by atoms with E-state index in [0.29, 0.717) is 35.0 Å². The van der Waals surface area contributed by atoms with Gasteiger partial charge in [-0.25, -0.2) is 16.8 Å². The topological polar surface area (TPSA) is 138 Å². The fraction of sp³-hybridized carbons (Fsp3) is 0.300. The molecule has 240 valence electrons. The molecule has 1 aromatic heterocycles. The Kier molecular flexibility index (Phi) is 8.99. The van der Waals surface area contributed by atoms with Crippen molar-refractivity contribution in [2.24, 2.45) is 0 Å². The first-order chi connectivity index (χ1) is 21.2. The van der Waals surface area contributed by atoms with E-state index in [1.165, 1.54) is 6.07 Å². The van der Waals surface area contributed by atoms with Gasteiger partial charge in [0.1, 0.15) is 5.82 Å². The van der Waals surface area contributed by atoms with Crippen molar-refractivity contribution in [3.63, 3.8) is 0 Å². The fourth-order valence-corrected chi connectivity index (χ4v) is 6.48. The number of fused-ring (bicyclic) bond motifs is 4. The Hall–Kier alpha value is -3.92. The highest BCUT2D eigenvalue weighted by molar-refractivity contribution is 7.85. The monoisotopic (exact) mass is 664 g/mol. The van der Waals surface area contributed by atoms with Crippen LogP contribution < -0.4 is 14.4 Å². The number of alkyl halides is 3. The van der Waals surface area contributed by atoms with E-state index in [9.17, 15) is 39.1 Å². The Morgan fingerprint density at radius 1 is 0.911 bits per heavy atom. The van der Waals surface area contributed by atoms with Crippen molar-refractivity contribution >= 4 is 59.6 Å².